The van der Waals surface area contributed by atoms with Gasteiger partial charge in [-0.2, -0.15) is 0 Å². The fraction of sp³-hybridized carbons (Fsp3) is 0. The van der Waals surface area contributed by atoms with Crippen LogP contribution in [0.1, 0.15) is 20.8 Å². The van der Waals surface area contributed by atoms with Crippen molar-refractivity contribution >= 4 is 27.7 Å². The Hall–Kier alpha value is -2.08. The Kier molecular flexibility index (Phi) is 3.47. The Morgan fingerprint density at radius 3 is 2.44 bits per heavy atom. The average Bonchev–Trinajstić information content (AvgIpc) is 2.78. The SMILES string of the molecule is NC(=O)c1cccn1NC(=O)c1ccc(Br)cc1. The quantitative estimate of drug-likeness (QED) is 0.906. The summed E-state index contributed by atoms with van der Waals surface area (Å²) in [4.78, 5) is 23.0. The van der Waals surface area contributed by atoms with Crippen molar-refractivity contribution in [1.82, 2.24) is 4.68 Å². The first-order valence-corrected chi connectivity index (χ1v) is 5.91. The number of halogens is 1. The van der Waals surface area contributed by atoms with Gasteiger partial charge in [0.25, 0.3) is 11.8 Å². The molecule has 2 aromatic rings. The van der Waals surface area contributed by atoms with Crippen LogP contribution in [-0.4, -0.2) is 16.5 Å². The van der Waals surface area contributed by atoms with Gasteiger partial charge < -0.3 is 5.73 Å². The van der Waals surface area contributed by atoms with Crippen LogP contribution in [0, 0.1) is 0 Å². The fourth-order valence-electron chi connectivity index (χ4n) is 1.45. The van der Waals surface area contributed by atoms with Gasteiger partial charge in [0.15, 0.2) is 0 Å². The van der Waals surface area contributed by atoms with Crippen LogP contribution in [0.2, 0.25) is 0 Å². The highest BCUT2D eigenvalue weighted by Crippen LogP contribution is 2.10. The summed E-state index contributed by atoms with van der Waals surface area (Å²) in [5.41, 5.74) is 8.46. The number of primary amides is 1. The van der Waals surface area contributed by atoms with Crippen molar-refractivity contribution < 1.29 is 9.59 Å². The molecule has 0 unspecified atom stereocenters. The maximum atomic E-state index is 11.9. The normalized spacial score (nSPS) is 10.1. The predicted molar refractivity (Wildman–Crippen MR) is 70.8 cm³/mol. The van der Waals surface area contributed by atoms with E-state index < -0.39 is 5.91 Å². The third kappa shape index (κ3) is 2.60. The van der Waals surface area contributed by atoms with Gasteiger partial charge in [-0.1, -0.05) is 15.9 Å². The Labute approximate surface area is 112 Å². The Bertz CT molecular complexity index is 590. The lowest BCUT2D eigenvalue weighted by molar-refractivity contribution is 0.0988. The van der Waals surface area contributed by atoms with Crippen molar-refractivity contribution in [2.24, 2.45) is 5.73 Å². The Morgan fingerprint density at radius 1 is 1.17 bits per heavy atom. The van der Waals surface area contributed by atoms with Crippen molar-refractivity contribution in [2.75, 3.05) is 5.43 Å². The molecule has 1 aromatic carbocycles. The second-order valence-electron chi connectivity index (χ2n) is 3.58. The van der Waals surface area contributed by atoms with Crippen LogP contribution in [0.3, 0.4) is 0 Å². The molecule has 5 nitrogen and oxygen atoms in total. The minimum atomic E-state index is -0.601. The summed E-state index contributed by atoms with van der Waals surface area (Å²) in [5.74, 6) is -0.919. The lowest BCUT2D eigenvalue weighted by atomic mass is 10.2. The van der Waals surface area contributed by atoms with Crippen molar-refractivity contribution in [3.63, 3.8) is 0 Å². The molecule has 3 N–H and O–H groups in total. The molecule has 18 heavy (non-hydrogen) atoms. The second kappa shape index (κ2) is 5.05. The number of rotatable bonds is 3. The van der Waals surface area contributed by atoms with Gasteiger partial charge in [-0.05, 0) is 36.4 Å². The molecule has 0 fully saturated rings. The van der Waals surface area contributed by atoms with Gasteiger partial charge in [0.05, 0.1) is 0 Å². The van der Waals surface area contributed by atoms with Gasteiger partial charge in [-0.3, -0.25) is 19.7 Å². The molecule has 0 atom stereocenters. The number of hydrogen-bond acceptors (Lipinski definition) is 2. The molecule has 0 aliphatic heterocycles. The van der Waals surface area contributed by atoms with Crippen molar-refractivity contribution in [3.8, 4) is 0 Å². The van der Waals surface area contributed by atoms with Crippen LogP contribution < -0.4 is 11.2 Å². The van der Waals surface area contributed by atoms with Crippen LogP contribution in [0.4, 0.5) is 0 Å². The van der Waals surface area contributed by atoms with Gasteiger partial charge >= 0.3 is 0 Å². The minimum absolute atomic E-state index is 0.223. The van der Waals surface area contributed by atoms with E-state index >= 15 is 0 Å². The molecule has 0 saturated heterocycles. The van der Waals surface area contributed by atoms with Crippen LogP contribution in [0.25, 0.3) is 0 Å². The van der Waals surface area contributed by atoms with Gasteiger partial charge in [0, 0.05) is 16.2 Å². The van der Waals surface area contributed by atoms with Gasteiger partial charge in [-0.15, -0.1) is 0 Å². The largest absolute Gasteiger partial charge is 0.364 e. The van der Waals surface area contributed by atoms with E-state index in [0.29, 0.717) is 5.56 Å². The zero-order chi connectivity index (χ0) is 13.1. The Morgan fingerprint density at radius 2 is 1.83 bits per heavy atom. The average molecular weight is 308 g/mol. The first kappa shape index (κ1) is 12.4. The number of nitrogens with two attached hydrogens (primary N) is 1. The highest BCUT2D eigenvalue weighted by molar-refractivity contribution is 9.10. The summed E-state index contributed by atoms with van der Waals surface area (Å²) in [6, 6.07) is 10.0. The molecule has 2 amide bonds. The van der Waals surface area contributed by atoms with E-state index in [2.05, 4.69) is 21.4 Å². The van der Waals surface area contributed by atoms with Crippen molar-refractivity contribution in [1.29, 1.82) is 0 Å². The molecule has 92 valence electrons. The number of amides is 2. The number of carbonyl (C=O) groups excluding carboxylic acids is 2. The summed E-state index contributed by atoms with van der Waals surface area (Å²) in [6.07, 6.45) is 1.55. The summed E-state index contributed by atoms with van der Waals surface area (Å²) < 4.78 is 2.19. The third-order valence-corrected chi connectivity index (χ3v) is 2.86. The van der Waals surface area contributed by atoms with E-state index in [0.717, 1.165) is 4.47 Å². The van der Waals surface area contributed by atoms with Gasteiger partial charge in [0.1, 0.15) is 5.69 Å². The van der Waals surface area contributed by atoms with Crippen LogP contribution >= 0.6 is 15.9 Å². The van der Waals surface area contributed by atoms with E-state index in [-0.39, 0.29) is 11.6 Å². The maximum Gasteiger partial charge on any atom is 0.270 e. The minimum Gasteiger partial charge on any atom is -0.364 e. The molecule has 1 aromatic heterocycles. The molecule has 0 radical (unpaired) electrons. The number of benzene rings is 1. The first-order valence-electron chi connectivity index (χ1n) is 5.12. The van der Waals surface area contributed by atoms with Crippen molar-refractivity contribution in [3.05, 3.63) is 58.3 Å². The number of nitrogens with one attached hydrogen (secondary N) is 1. The smallest absolute Gasteiger partial charge is 0.270 e. The van der Waals surface area contributed by atoms with Crippen molar-refractivity contribution in [2.45, 2.75) is 0 Å². The Balaban J connectivity index is 2.19. The van der Waals surface area contributed by atoms with Crippen LogP contribution in [0.5, 0.6) is 0 Å². The standard InChI is InChI=1S/C12H10BrN3O2/c13-9-5-3-8(4-6-9)12(18)15-16-7-1-2-10(16)11(14)17/h1-7H,(H2,14,17)(H,15,18). The van der Waals surface area contributed by atoms with E-state index in [1.807, 2.05) is 0 Å². The molecule has 2 rings (SSSR count). The van der Waals surface area contributed by atoms with E-state index in [4.69, 9.17) is 5.73 Å². The zero-order valence-electron chi connectivity index (χ0n) is 9.26. The molecule has 0 spiro atoms. The summed E-state index contributed by atoms with van der Waals surface area (Å²) in [5, 5.41) is 0. The molecule has 6 heteroatoms. The summed E-state index contributed by atoms with van der Waals surface area (Å²) >= 11 is 3.29. The highest BCUT2D eigenvalue weighted by atomic mass is 79.9. The molecule has 1 heterocycles. The highest BCUT2D eigenvalue weighted by Gasteiger charge is 2.10. The van der Waals surface area contributed by atoms with E-state index in [1.54, 1.807) is 36.5 Å². The lowest BCUT2D eigenvalue weighted by Gasteiger charge is -2.08. The van der Waals surface area contributed by atoms with E-state index in [1.165, 1.54) is 10.7 Å². The molecule has 0 aliphatic rings. The predicted octanol–water partition coefficient (Wildman–Crippen LogP) is 1.73. The first-order chi connectivity index (χ1) is 8.58. The second-order valence-corrected chi connectivity index (χ2v) is 4.49. The maximum absolute atomic E-state index is 11.9. The van der Waals surface area contributed by atoms with Crippen LogP contribution in [0.15, 0.2) is 47.1 Å². The fourth-order valence-corrected chi connectivity index (χ4v) is 1.72. The van der Waals surface area contributed by atoms with Gasteiger partial charge in [-0.25, -0.2) is 0 Å². The number of hydrogen-bond donors (Lipinski definition) is 2. The summed E-state index contributed by atoms with van der Waals surface area (Å²) in [7, 11) is 0. The number of carbonyl (C=O) groups is 2. The van der Waals surface area contributed by atoms with Gasteiger partial charge in [0.2, 0.25) is 0 Å². The molecule has 0 bridgehead atoms. The summed E-state index contributed by atoms with van der Waals surface area (Å²) in [6.45, 7) is 0. The van der Waals surface area contributed by atoms with E-state index in [9.17, 15) is 9.59 Å². The molecule has 0 aliphatic carbocycles. The molecular weight excluding hydrogens is 298 g/mol. The lowest BCUT2D eigenvalue weighted by Crippen LogP contribution is -2.27. The molecular formula is C12H10BrN3O2. The number of aromatic nitrogens is 1. The monoisotopic (exact) mass is 307 g/mol. The molecule has 0 saturated carbocycles. The number of nitrogens with zero attached hydrogens (tertiary/aromatic N) is 1. The third-order valence-electron chi connectivity index (χ3n) is 2.33. The zero-order valence-corrected chi connectivity index (χ0v) is 10.8. The topological polar surface area (TPSA) is 77.1 Å². The van der Waals surface area contributed by atoms with Crippen LogP contribution in [-0.2, 0) is 0 Å².